The topological polar surface area (TPSA) is 75.5 Å². The molecule has 0 spiro atoms. The monoisotopic (exact) mass is 277 g/mol. The van der Waals surface area contributed by atoms with E-state index in [1.165, 1.54) is 12.1 Å². The molecule has 1 aliphatic heterocycles. The lowest BCUT2D eigenvalue weighted by Crippen LogP contribution is -2.53. The first-order chi connectivity index (χ1) is 9.50. The molecule has 20 heavy (non-hydrogen) atoms. The molecule has 1 aliphatic rings. The molecule has 0 radical (unpaired) electrons. The molecule has 2 rings (SSSR count). The molecule has 1 aromatic carbocycles. The van der Waals surface area contributed by atoms with Gasteiger partial charge in [-0.15, -0.1) is 0 Å². The summed E-state index contributed by atoms with van der Waals surface area (Å²) >= 11 is 0. The van der Waals surface area contributed by atoms with E-state index in [0.717, 1.165) is 13.1 Å². The first kappa shape index (κ1) is 14.5. The van der Waals surface area contributed by atoms with Crippen LogP contribution in [0.2, 0.25) is 0 Å². The van der Waals surface area contributed by atoms with Gasteiger partial charge in [0.15, 0.2) is 0 Å². The van der Waals surface area contributed by atoms with E-state index >= 15 is 0 Å². The third-order valence-electron chi connectivity index (χ3n) is 3.74. The van der Waals surface area contributed by atoms with Crippen molar-refractivity contribution in [1.82, 2.24) is 10.2 Å². The number of nitrogens with zero attached hydrogens (tertiary/aromatic N) is 2. The highest BCUT2D eigenvalue weighted by Gasteiger charge is 2.28. The summed E-state index contributed by atoms with van der Waals surface area (Å²) in [5.41, 5.74) is 0.713. The summed E-state index contributed by atoms with van der Waals surface area (Å²) in [7, 11) is 0. The van der Waals surface area contributed by atoms with E-state index in [1.807, 2.05) is 11.8 Å². The molecule has 6 heteroatoms. The van der Waals surface area contributed by atoms with Gasteiger partial charge in [-0.3, -0.25) is 14.9 Å². The van der Waals surface area contributed by atoms with Gasteiger partial charge in [-0.05, 0) is 19.4 Å². The fraction of sp³-hybridized carbons (Fsp3) is 0.500. The van der Waals surface area contributed by atoms with E-state index in [0.29, 0.717) is 12.1 Å². The molecule has 1 aromatic rings. The third kappa shape index (κ3) is 2.96. The van der Waals surface area contributed by atoms with Crippen LogP contribution in [0.3, 0.4) is 0 Å². The Morgan fingerprint density at radius 1 is 1.55 bits per heavy atom. The maximum Gasteiger partial charge on any atom is 0.269 e. The molecule has 1 amide bonds. The summed E-state index contributed by atoms with van der Waals surface area (Å²) < 4.78 is 0. The number of nitro benzene ring substituents is 1. The van der Waals surface area contributed by atoms with E-state index in [1.54, 1.807) is 19.1 Å². The van der Waals surface area contributed by atoms with Crippen LogP contribution in [0.15, 0.2) is 24.3 Å². The van der Waals surface area contributed by atoms with Crippen LogP contribution in [-0.4, -0.2) is 41.4 Å². The van der Waals surface area contributed by atoms with E-state index in [-0.39, 0.29) is 23.6 Å². The van der Waals surface area contributed by atoms with Gasteiger partial charge in [-0.2, -0.15) is 0 Å². The number of nitrogens with one attached hydrogen (secondary N) is 1. The van der Waals surface area contributed by atoms with E-state index in [9.17, 15) is 14.9 Å². The minimum Gasteiger partial charge on any atom is -0.337 e. The average molecular weight is 277 g/mol. The summed E-state index contributed by atoms with van der Waals surface area (Å²) in [4.78, 5) is 24.7. The first-order valence-corrected chi connectivity index (χ1v) is 6.76. The number of hydrogen-bond donors (Lipinski definition) is 1. The molecule has 2 atom stereocenters. The molecule has 1 N–H and O–H groups in total. The zero-order chi connectivity index (χ0) is 14.7. The van der Waals surface area contributed by atoms with Crippen LogP contribution in [0.4, 0.5) is 5.69 Å². The number of nitro groups is 1. The molecule has 1 fully saturated rings. The molecule has 0 aliphatic carbocycles. The fourth-order valence-corrected chi connectivity index (χ4v) is 2.47. The van der Waals surface area contributed by atoms with Crippen LogP contribution >= 0.6 is 0 Å². The van der Waals surface area contributed by atoms with Gasteiger partial charge in [0.2, 0.25) is 5.91 Å². The highest BCUT2D eigenvalue weighted by molar-refractivity contribution is 5.84. The molecule has 6 nitrogen and oxygen atoms in total. The largest absolute Gasteiger partial charge is 0.337 e. The lowest BCUT2D eigenvalue weighted by molar-refractivity contribution is -0.384. The normalized spacial score (nSPS) is 20.5. The van der Waals surface area contributed by atoms with Crippen molar-refractivity contribution in [2.24, 2.45) is 0 Å². The Kier molecular flexibility index (Phi) is 4.34. The zero-order valence-electron chi connectivity index (χ0n) is 11.7. The summed E-state index contributed by atoms with van der Waals surface area (Å²) in [6.07, 6.45) is 0. The summed E-state index contributed by atoms with van der Waals surface area (Å²) in [5, 5.41) is 14.0. The van der Waals surface area contributed by atoms with Gasteiger partial charge in [-0.25, -0.2) is 0 Å². The molecule has 0 bridgehead atoms. The van der Waals surface area contributed by atoms with Gasteiger partial charge in [0, 0.05) is 37.8 Å². The van der Waals surface area contributed by atoms with Gasteiger partial charge in [-0.1, -0.05) is 12.1 Å². The van der Waals surface area contributed by atoms with Crippen molar-refractivity contribution in [2.75, 3.05) is 19.6 Å². The first-order valence-electron chi connectivity index (χ1n) is 6.76. The van der Waals surface area contributed by atoms with E-state index in [2.05, 4.69) is 5.32 Å². The maximum atomic E-state index is 12.5. The Morgan fingerprint density at radius 2 is 2.30 bits per heavy atom. The quantitative estimate of drug-likeness (QED) is 0.671. The van der Waals surface area contributed by atoms with Crippen molar-refractivity contribution in [3.05, 3.63) is 39.9 Å². The van der Waals surface area contributed by atoms with Crippen molar-refractivity contribution in [3.8, 4) is 0 Å². The van der Waals surface area contributed by atoms with Gasteiger partial charge >= 0.3 is 0 Å². The second kappa shape index (κ2) is 6.00. The van der Waals surface area contributed by atoms with Crippen molar-refractivity contribution >= 4 is 11.6 Å². The fourth-order valence-electron chi connectivity index (χ4n) is 2.47. The van der Waals surface area contributed by atoms with Gasteiger partial charge in [0.1, 0.15) is 0 Å². The van der Waals surface area contributed by atoms with Gasteiger partial charge in [0.05, 0.1) is 10.8 Å². The predicted octanol–water partition coefficient (Wildman–Crippen LogP) is 1.52. The number of amides is 1. The summed E-state index contributed by atoms with van der Waals surface area (Å²) in [5.74, 6) is -0.338. The molecule has 1 unspecified atom stereocenters. The third-order valence-corrected chi connectivity index (χ3v) is 3.74. The molecule has 0 saturated carbocycles. The summed E-state index contributed by atoms with van der Waals surface area (Å²) in [6, 6.07) is 6.46. The van der Waals surface area contributed by atoms with E-state index in [4.69, 9.17) is 0 Å². The number of benzene rings is 1. The Balaban J connectivity index is 2.17. The second-order valence-electron chi connectivity index (χ2n) is 5.16. The number of piperazine rings is 1. The number of hydrogen-bond acceptors (Lipinski definition) is 4. The molecule has 1 heterocycles. The molecular weight excluding hydrogens is 258 g/mol. The lowest BCUT2D eigenvalue weighted by atomic mass is 9.98. The number of carbonyl (C=O) groups is 1. The number of non-ortho nitro benzene ring substituents is 1. The smallest absolute Gasteiger partial charge is 0.269 e. The van der Waals surface area contributed by atoms with Crippen molar-refractivity contribution in [3.63, 3.8) is 0 Å². The number of rotatable bonds is 3. The molecule has 1 saturated heterocycles. The Labute approximate surface area is 117 Å². The second-order valence-corrected chi connectivity index (χ2v) is 5.16. The SMILES string of the molecule is CC(C(=O)N1CCNC[C@@H]1C)c1cccc([N+](=O)[O-])c1. The van der Waals surface area contributed by atoms with Crippen LogP contribution in [0.5, 0.6) is 0 Å². The predicted molar refractivity (Wildman–Crippen MR) is 75.6 cm³/mol. The highest BCUT2D eigenvalue weighted by Crippen LogP contribution is 2.23. The zero-order valence-corrected chi connectivity index (χ0v) is 11.7. The Bertz CT molecular complexity index is 518. The minimum absolute atomic E-state index is 0.0236. The van der Waals surface area contributed by atoms with Crippen LogP contribution in [-0.2, 0) is 4.79 Å². The van der Waals surface area contributed by atoms with Crippen LogP contribution in [0.1, 0.15) is 25.3 Å². The van der Waals surface area contributed by atoms with E-state index < -0.39 is 4.92 Å². The van der Waals surface area contributed by atoms with Crippen molar-refractivity contribution < 1.29 is 9.72 Å². The molecular formula is C14H19N3O3. The minimum atomic E-state index is -0.436. The van der Waals surface area contributed by atoms with Crippen LogP contribution in [0, 0.1) is 10.1 Å². The highest BCUT2D eigenvalue weighted by atomic mass is 16.6. The average Bonchev–Trinajstić information content (AvgIpc) is 2.46. The van der Waals surface area contributed by atoms with Crippen LogP contribution in [0.25, 0.3) is 0 Å². The van der Waals surface area contributed by atoms with Gasteiger partial charge < -0.3 is 10.2 Å². The molecule has 108 valence electrons. The van der Waals surface area contributed by atoms with Gasteiger partial charge in [0.25, 0.3) is 5.69 Å². The maximum absolute atomic E-state index is 12.5. The van der Waals surface area contributed by atoms with Crippen molar-refractivity contribution in [2.45, 2.75) is 25.8 Å². The number of carbonyl (C=O) groups excluding carboxylic acids is 1. The Hall–Kier alpha value is -1.95. The lowest BCUT2D eigenvalue weighted by Gasteiger charge is -2.35. The Morgan fingerprint density at radius 3 is 2.95 bits per heavy atom. The standard InChI is InChI=1S/C14H19N3O3/c1-10-9-15-6-7-16(10)14(18)11(2)12-4-3-5-13(8-12)17(19)20/h3-5,8,10-11,15H,6-7,9H2,1-2H3/t10-,11?/m0/s1. The van der Waals surface area contributed by atoms with Crippen LogP contribution < -0.4 is 5.32 Å². The molecule has 0 aromatic heterocycles. The van der Waals surface area contributed by atoms with Crippen molar-refractivity contribution in [1.29, 1.82) is 0 Å². The summed E-state index contributed by atoms with van der Waals surface area (Å²) in [6.45, 7) is 6.06.